The molecule has 0 aliphatic heterocycles. The number of hydrogen-bond acceptors (Lipinski definition) is 2. The van der Waals surface area contributed by atoms with Gasteiger partial charge in [0, 0.05) is 14.2 Å². The molecule has 0 saturated heterocycles. The minimum Gasteiger partial charge on any atom is -0.402 e. The standard InChI is InChI=1S/C7H12.C2H8O2Si/c1-7-5-3-2-4-6-7;1-3-5-4-2/h5H,2-4,6H2,1H3;5H2,1-2H3. The number of rotatable bonds is 2. The highest BCUT2D eigenvalue weighted by Gasteiger charge is 1.95. The van der Waals surface area contributed by atoms with Gasteiger partial charge < -0.3 is 8.85 Å². The fraction of sp³-hybridized carbons (Fsp3) is 0.778. The minimum atomic E-state index is -0.568. The second-order valence-electron chi connectivity index (χ2n) is 2.99. The van der Waals surface area contributed by atoms with Gasteiger partial charge in [-0.25, -0.2) is 0 Å². The van der Waals surface area contributed by atoms with Crippen LogP contribution in [-0.4, -0.2) is 24.2 Å². The molecule has 0 aromatic heterocycles. The average molecular weight is 188 g/mol. The van der Waals surface area contributed by atoms with E-state index in [0.717, 1.165) is 0 Å². The van der Waals surface area contributed by atoms with Gasteiger partial charge >= 0.3 is 10.0 Å². The van der Waals surface area contributed by atoms with Crippen LogP contribution in [-0.2, 0) is 8.85 Å². The first-order valence-electron chi connectivity index (χ1n) is 4.44. The maximum atomic E-state index is 4.61. The van der Waals surface area contributed by atoms with E-state index in [9.17, 15) is 0 Å². The molecule has 0 atom stereocenters. The first-order chi connectivity index (χ1) is 5.81. The molecule has 0 aromatic rings. The van der Waals surface area contributed by atoms with Crippen molar-refractivity contribution in [3.8, 4) is 0 Å². The lowest BCUT2D eigenvalue weighted by Crippen LogP contribution is -1.93. The van der Waals surface area contributed by atoms with E-state index in [1.807, 2.05) is 0 Å². The van der Waals surface area contributed by atoms with Gasteiger partial charge in [-0.3, -0.25) is 0 Å². The van der Waals surface area contributed by atoms with Crippen molar-refractivity contribution in [2.24, 2.45) is 0 Å². The van der Waals surface area contributed by atoms with Crippen LogP contribution >= 0.6 is 0 Å². The molecule has 0 amide bonds. The summed E-state index contributed by atoms with van der Waals surface area (Å²) < 4.78 is 9.22. The van der Waals surface area contributed by atoms with Crippen molar-refractivity contribution < 1.29 is 8.85 Å². The van der Waals surface area contributed by atoms with Crippen molar-refractivity contribution in [3.63, 3.8) is 0 Å². The Balaban J connectivity index is 0.000000217. The van der Waals surface area contributed by atoms with Crippen molar-refractivity contribution in [3.05, 3.63) is 11.6 Å². The van der Waals surface area contributed by atoms with Gasteiger partial charge in [0.25, 0.3) is 0 Å². The highest BCUT2D eigenvalue weighted by Crippen LogP contribution is 2.15. The monoisotopic (exact) mass is 188 g/mol. The summed E-state index contributed by atoms with van der Waals surface area (Å²) in [6.07, 6.45) is 7.86. The largest absolute Gasteiger partial charge is 0.402 e. The molecule has 1 rings (SSSR count). The number of allylic oxidation sites excluding steroid dienone is 2. The molecule has 3 heteroatoms. The molecule has 0 aromatic carbocycles. The quantitative estimate of drug-likeness (QED) is 0.486. The normalized spacial score (nSPS) is 16.1. The third-order valence-electron chi connectivity index (χ3n) is 1.75. The van der Waals surface area contributed by atoms with E-state index in [0.29, 0.717) is 0 Å². The molecule has 0 heterocycles. The van der Waals surface area contributed by atoms with Gasteiger partial charge in [0.15, 0.2) is 0 Å². The Morgan fingerprint density at radius 2 is 1.92 bits per heavy atom. The Hall–Kier alpha value is -0.123. The Bertz CT molecular complexity index is 122. The molecule has 1 aliphatic rings. The van der Waals surface area contributed by atoms with E-state index in [4.69, 9.17) is 0 Å². The highest BCUT2D eigenvalue weighted by molar-refractivity contribution is 6.17. The van der Waals surface area contributed by atoms with E-state index in [2.05, 4.69) is 21.9 Å². The molecule has 0 bridgehead atoms. The first-order valence-corrected chi connectivity index (χ1v) is 5.60. The van der Waals surface area contributed by atoms with Crippen molar-refractivity contribution >= 4 is 10.0 Å². The Morgan fingerprint density at radius 1 is 1.25 bits per heavy atom. The van der Waals surface area contributed by atoms with E-state index in [1.165, 1.54) is 25.7 Å². The van der Waals surface area contributed by atoms with Crippen LogP contribution in [0.1, 0.15) is 32.6 Å². The van der Waals surface area contributed by atoms with Crippen LogP contribution in [0.3, 0.4) is 0 Å². The van der Waals surface area contributed by atoms with Gasteiger partial charge in [-0.2, -0.15) is 0 Å². The van der Waals surface area contributed by atoms with Gasteiger partial charge in [-0.1, -0.05) is 11.6 Å². The van der Waals surface area contributed by atoms with E-state index >= 15 is 0 Å². The second-order valence-corrected chi connectivity index (χ2v) is 4.38. The third kappa shape index (κ3) is 7.98. The zero-order valence-electron chi connectivity index (χ0n) is 8.43. The summed E-state index contributed by atoms with van der Waals surface area (Å²) in [7, 11) is 2.73. The summed E-state index contributed by atoms with van der Waals surface area (Å²) in [5, 5.41) is 0. The Kier molecular flexibility index (Phi) is 8.88. The lowest BCUT2D eigenvalue weighted by molar-refractivity contribution is 0.309. The van der Waals surface area contributed by atoms with Gasteiger partial charge in [-0.15, -0.1) is 0 Å². The first kappa shape index (κ1) is 11.9. The summed E-state index contributed by atoms with van der Waals surface area (Å²) in [6.45, 7) is 2.22. The van der Waals surface area contributed by atoms with Crippen molar-refractivity contribution in [1.29, 1.82) is 0 Å². The SMILES string of the molecule is CC1=CCCCC1.CO[SiH2]OC. The molecule has 1 aliphatic carbocycles. The maximum absolute atomic E-state index is 4.61. The molecule has 12 heavy (non-hydrogen) atoms. The van der Waals surface area contributed by atoms with Crippen LogP contribution in [0.2, 0.25) is 0 Å². The summed E-state index contributed by atoms with van der Waals surface area (Å²) in [4.78, 5) is 0. The van der Waals surface area contributed by atoms with Crippen molar-refractivity contribution in [2.75, 3.05) is 14.2 Å². The molecule has 0 saturated carbocycles. The molecular formula is C9H20O2Si. The third-order valence-corrected chi connectivity index (χ3v) is 2.23. The van der Waals surface area contributed by atoms with Crippen LogP contribution in [0, 0.1) is 0 Å². The average Bonchev–Trinajstić information content (AvgIpc) is 2.08. The van der Waals surface area contributed by atoms with Crippen molar-refractivity contribution in [1.82, 2.24) is 0 Å². The lowest BCUT2D eigenvalue weighted by atomic mass is 10.0. The zero-order valence-corrected chi connectivity index (χ0v) is 9.84. The number of hydrogen-bond donors (Lipinski definition) is 0. The molecule has 2 nitrogen and oxygen atoms in total. The van der Waals surface area contributed by atoms with Gasteiger partial charge in [0.05, 0.1) is 0 Å². The van der Waals surface area contributed by atoms with Crippen LogP contribution in [0.25, 0.3) is 0 Å². The second kappa shape index (κ2) is 8.97. The molecule has 0 N–H and O–H groups in total. The summed E-state index contributed by atoms with van der Waals surface area (Å²) in [6, 6.07) is 0. The van der Waals surface area contributed by atoms with Crippen LogP contribution in [0.4, 0.5) is 0 Å². The molecule has 0 radical (unpaired) electrons. The van der Waals surface area contributed by atoms with Crippen LogP contribution < -0.4 is 0 Å². The van der Waals surface area contributed by atoms with Gasteiger partial charge in [0.1, 0.15) is 0 Å². The lowest BCUT2D eigenvalue weighted by Gasteiger charge is -2.05. The summed E-state index contributed by atoms with van der Waals surface area (Å²) in [5.41, 5.74) is 1.59. The van der Waals surface area contributed by atoms with Gasteiger partial charge in [-0.05, 0) is 32.6 Å². The van der Waals surface area contributed by atoms with Crippen LogP contribution in [0.15, 0.2) is 11.6 Å². The molecular weight excluding hydrogens is 168 g/mol. The predicted octanol–water partition coefficient (Wildman–Crippen LogP) is 1.78. The highest BCUT2D eigenvalue weighted by atomic mass is 28.3. The predicted molar refractivity (Wildman–Crippen MR) is 54.8 cm³/mol. The smallest absolute Gasteiger partial charge is 0.303 e. The van der Waals surface area contributed by atoms with Crippen LogP contribution in [0.5, 0.6) is 0 Å². The molecule has 0 unspecified atom stereocenters. The molecule has 0 fully saturated rings. The van der Waals surface area contributed by atoms with Gasteiger partial charge in [0.2, 0.25) is 0 Å². The molecule has 72 valence electrons. The summed E-state index contributed by atoms with van der Waals surface area (Å²) in [5.74, 6) is 0. The Labute approximate surface area is 78.0 Å². The van der Waals surface area contributed by atoms with E-state index in [1.54, 1.807) is 19.8 Å². The Morgan fingerprint density at radius 3 is 2.08 bits per heavy atom. The summed E-state index contributed by atoms with van der Waals surface area (Å²) >= 11 is 0. The molecule has 0 spiro atoms. The van der Waals surface area contributed by atoms with E-state index in [-0.39, 0.29) is 0 Å². The minimum absolute atomic E-state index is 0.568. The topological polar surface area (TPSA) is 18.5 Å². The van der Waals surface area contributed by atoms with Crippen molar-refractivity contribution in [2.45, 2.75) is 32.6 Å². The fourth-order valence-electron chi connectivity index (χ4n) is 1.12. The fourth-order valence-corrected chi connectivity index (χ4v) is 1.35. The van der Waals surface area contributed by atoms with E-state index < -0.39 is 10.0 Å². The zero-order chi connectivity index (χ0) is 9.23. The maximum Gasteiger partial charge on any atom is 0.303 e.